The van der Waals surface area contributed by atoms with Crippen LogP contribution in [0, 0.1) is 12.3 Å². The molecule has 2 aromatic rings. The molecular formula is C15H16F3N3OS. The molecule has 0 spiro atoms. The summed E-state index contributed by atoms with van der Waals surface area (Å²) in [6.45, 7) is 1.49. The van der Waals surface area contributed by atoms with Crippen LogP contribution in [0.5, 0.6) is 0 Å². The molecule has 3 atom stereocenters. The van der Waals surface area contributed by atoms with Crippen molar-refractivity contribution in [3.05, 3.63) is 48.0 Å². The maximum Gasteiger partial charge on any atom is 0.398 e. The zero-order valence-corrected chi connectivity index (χ0v) is 13.2. The Hall–Kier alpha value is -1.54. The van der Waals surface area contributed by atoms with E-state index in [9.17, 15) is 18.3 Å². The van der Waals surface area contributed by atoms with Crippen LogP contribution in [-0.2, 0) is 12.1 Å². The van der Waals surface area contributed by atoms with E-state index in [4.69, 9.17) is 0 Å². The van der Waals surface area contributed by atoms with Crippen LogP contribution in [-0.4, -0.2) is 31.3 Å². The number of halogens is 3. The molecule has 4 nitrogen and oxygen atoms in total. The summed E-state index contributed by atoms with van der Waals surface area (Å²) in [5, 5.41) is 14.1. The van der Waals surface area contributed by atoms with E-state index < -0.39 is 22.4 Å². The lowest BCUT2D eigenvalue weighted by molar-refractivity contribution is -0.249. The Balaban J connectivity index is 2.12. The van der Waals surface area contributed by atoms with Crippen molar-refractivity contribution >= 4 is 12.6 Å². The Morgan fingerprint density at radius 3 is 2.39 bits per heavy atom. The van der Waals surface area contributed by atoms with Gasteiger partial charge in [-0.2, -0.15) is 30.9 Å². The maximum atomic E-state index is 13.8. The molecule has 1 N–H and O–H groups in total. The second-order valence-corrected chi connectivity index (χ2v) is 6.63. The number of alkyl halides is 3. The number of aromatic nitrogens is 3. The topological polar surface area (TPSA) is 50.9 Å². The number of hydrogen-bond acceptors (Lipinski definition) is 4. The van der Waals surface area contributed by atoms with Crippen LogP contribution in [0.3, 0.4) is 0 Å². The van der Waals surface area contributed by atoms with Crippen molar-refractivity contribution in [1.82, 2.24) is 14.8 Å². The van der Waals surface area contributed by atoms with Gasteiger partial charge >= 0.3 is 6.18 Å². The molecule has 1 aromatic carbocycles. The minimum atomic E-state index is -4.58. The summed E-state index contributed by atoms with van der Waals surface area (Å²) in [4.78, 5) is 3.74. The summed E-state index contributed by atoms with van der Waals surface area (Å²) in [7, 11) is 0. The minimum Gasteiger partial charge on any atom is -0.382 e. The summed E-state index contributed by atoms with van der Waals surface area (Å²) in [5.41, 5.74) is -3.37. The Kier molecular flexibility index (Phi) is 3.72. The maximum absolute atomic E-state index is 13.8. The molecular weight excluding hydrogens is 327 g/mol. The first kappa shape index (κ1) is 16.3. The second kappa shape index (κ2) is 5.24. The van der Waals surface area contributed by atoms with Crippen molar-refractivity contribution < 1.29 is 18.3 Å². The molecule has 23 heavy (non-hydrogen) atoms. The van der Waals surface area contributed by atoms with Crippen LogP contribution in [0.2, 0.25) is 0 Å². The van der Waals surface area contributed by atoms with Gasteiger partial charge in [0.1, 0.15) is 23.7 Å². The van der Waals surface area contributed by atoms with Gasteiger partial charge in [0.15, 0.2) is 0 Å². The molecule has 1 aromatic heterocycles. The molecule has 1 aliphatic rings. The smallest absolute Gasteiger partial charge is 0.382 e. The lowest BCUT2D eigenvalue weighted by Gasteiger charge is -2.38. The zero-order valence-electron chi connectivity index (χ0n) is 12.3. The van der Waals surface area contributed by atoms with Gasteiger partial charge in [-0.15, -0.1) is 0 Å². The van der Waals surface area contributed by atoms with E-state index in [0.29, 0.717) is 0 Å². The van der Waals surface area contributed by atoms with E-state index in [0.717, 1.165) is 5.56 Å². The van der Waals surface area contributed by atoms with E-state index in [1.54, 1.807) is 12.1 Å². The van der Waals surface area contributed by atoms with Gasteiger partial charge in [-0.05, 0) is 18.9 Å². The highest BCUT2D eigenvalue weighted by Gasteiger charge is 2.79. The average molecular weight is 343 g/mol. The van der Waals surface area contributed by atoms with Crippen LogP contribution in [0.4, 0.5) is 13.2 Å². The summed E-state index contributed by atoms with van der Waals surface area (Å²) >= 11 is 4.04. The third-order valence-electron chi connectivity index (χ3n) is 4.55. The number of rotatable bonds is 4. The lowest BCUT2D eigenvalue weighted by atomic mass is 9.77. The fourth-order valence-electron chi connectivity index (χ4n) is 3.10. The van der Waals surface area contributed by atoms with Crippen LogP contribution >= 0.6 is 12.6 Å². The molecule has 1 heterocycles. The molecule has 1 saturated carbocycles. The first-order chi connectivity index (χ1) is 10.7. The van der Waals surface area contributed by atoms with Crippen molar-refractivity contribution in [2.45, 2.75) is 36.9 Å². The number of aryl methyl sites for hydroxylation is 1. The monoisotopic (exact) mass is 343 g/mol. The average Bonchev–Trinajstić information content (AvgIpc) is 2.93. The Morgan fingerprint density at radius 2 is 1.96 bits per heavy atom. The highest BCUT2D eigenvalue weighted by Crippen LogP contribution is 2.69. The van der Waals surface area contributed by atoms with Crippen LogP contribution in [0.1, 0.15) is 17.5 Å². The van der Waals surface area contributed by atoms with Gasteiger partial charge in [0.25, 0.3) is 0 Å². The third-order valence-corrected chi connectivity index (χ3v) is 5.18. The highest BCUT2D eigenvalue weighted by molar-refractivity contribution is 7.81. The Morgan fingerprint density at radius 1 is 1.35 bits per heavy atom. The molecule has 124 valence electrons. The lowest BCUT2D eigenvalue weighted by Crippen LogP contribution is -2.50. The molecule has 1 fully saturated rings. The summed E-state index contributed by atoms with van der Waals surface area (Å²) in [5.74, 6) is 0. The van der Waals surface area contributed by atoms with Gasteiger partial charge in [0, 0.05) is 5.25 Å². The van der Waals surface area contributed by atoms with Gasteiger partial charge in [-0.25, -0.2) is 9.67 Å². The van der Waals surface area contributed by atoms with E-state index in [1.807, 2.05) is 6.92 Å². The summed E-state index contributed by atoms with van der Waals surface area (Å²) in [6.07, 6.45) is -2.31. The fourth-order valence-corrected chi connectivity index (χ4v) is 3.75. The molecule has 0 bridgehead atoms. The van der Waals surface area contributed by atoms with E-state index in [2.05, 4.69) is 22.7 Å². The standard InChI is InChI=1S/C15H16F3N3OS/c1-10-2-4-11(5-3-10)14(22,7-21-9-19-8-20-21)13(6-12(13)23)15(16,17)18/h2-5,8-9,12,22-23H,6-7H2,1H3. The molecule has 3 rings (SSSR count). The Labute approximate surface area is 136 Å². The predicted molar refractivity (Wildman–Crippen MR) is 81.0 cm³/mol. The molecule has 0 radical (unpaired) electrons. The molecule has 0 saturated heterocycles. The molecule has 8 heteroatoms. The molecule has 3 unspecified atom stereocenters. The normalized spacial score (nSPS) is 26.8. The van der Waals surface area contributed by atoms with Gasteiger partial charge in [-0.1, -0.05) is 29.8 Å². The first-order valence-corrected chi connectivity index (χ1v) is 7.59. The first-order valence-electron chi connectivity index (χ1n) is 7.07. The van der Waals surface area contributed by atoms with Gasteiger partial charge in [0.2, 0.25) is 0 Å². The van der Waals surface area contributed by atoms with E-state index >= 15 is 0 Å². The fraction of sp³-hybridized carbons (Fsp3) is 0.467. The van der Waals surface area contributed by atoms with E-state index in [-0.39, 0.29) is 18.5 Å². The minimum absolute atomic E-state index is 0.201. The van der Waals surface area contributed by atoms with Gasteiger partial charge in [0.05, 0.1) is 6.54 Å². The summed E-state index contributed by atoms with van der Waals surface area (Å²) in [6, 6.07) is 6.42. The van der Waals surface area contributed by atoms with Crippen molar-refractivity contribution in [2.75, 3.05) is 0 Å². The molecule has 1 aliphatic carbocycles. The number of nitrogens with zero attached hydrogens (tertiary/aromatic N) is 3. The quantitative estimate of drug-likeness (QED) is 0.840. The SMILES string of the molecule is Cc1ccc(C(O)(Cn2cncn2)C2(C(F)(F)F)CC2S)cc1. The third kappa shape index (κ3) is 2.44. The Bertz CT molecular complexity index is 689. The van der Waals surface area contributed by atoms with Gasteiger partial charge in [-0.3, -0.25) is 0 Å². The van der Waals surface area contributed by atoms with Crippen LogP contribution in [0.25, 0.3) is 0 Å². The van der Waals surface area contributed by atoms with Crippen LogP contribution < -0.4 is 0 Å². The zero-order chi connectivity index (χ0) is 16.9. The second-order valence-electron chi connectivity index (χ2n) is 6.01. The van der Waals surface area contributed by atoms with Crippen molar-refractivity contribution in [3.8, 4) is 0 Å². The number of aliphatic hydroxyl groups is 1. The molecule has 0 amide bonds. The predicted octanol–water partition coefficient (Wildman–Crippen LogP) is 2.73. The number of thiol groups is 1. The molecule has 0 aliphatic heterocycles. The number of hydrogen-bond donors (Lipinski definition) is 2. The van der Waals surface area contributed by atoms with E-state index in [1.165, 1.54) is 29.5 Å². The van der Waals surface area contributed by atoms with Gasteiger partial charge < -0.3 is 5.11 Å². The van der Waals surface area contributed by atoms with Crippen LogP contribution in [0.15, 0.2) is 36.9 Å². The number of benzene rings is 1. The van der Waals surface area contributed by atoms with Crippen molar-refractivity contribution in [2.24, 2.45) is 5.41 Å². The largest absolute Gasteiger partial charge is 0.398 e. The van der Waals surface area contributed by atoms with Crippen molar-refractivity contribution in [1.29, 1.82) is 0 Å². The van der Waals surface area contributed by atoms with Crippen molar-refractivity contribution in [3.63, 3.8) is 0 Å². The summed E-state index contributed by atoms with van der Waals surface area (Å²) < 4.78 is 42.6. The highest BCUT2D eigenvalue weighted by atomic mass is 32.1.